The number of aliphatic hydroxyl groups excluding tert-OH is 1. The van der Waals surface area contributed by atoms with Crippen molar-refractivity contribution in [3.05, 3.63) is 22.5 Å². The van der Waals surface area contributed by atoms with Gasteiger partial charge in [-0.05, 0) is 6.92 Å². The van der Waals surface area contributed by atoms with Crippen molar-refractivity contribution in [1.82, 2.24) is 20.3 Å². The smallest absolute Gasteiger partial charge is 0.543 e. The maximum absolute atomic E-state index is 12.2. The minimum atomic E-state index is -1.35. The van der Waals surface area contributed by atoms with Crippen LogP contribution >= 0.6 is 11.8 Å². The Hall–Kier alpha value is -0.870. The number of aromatic amines is 1. The molecule has 2 aliphatic rings. The molecule has 0 aliphatic carbocycles. The largest absolute Gasteiger partial charge is 1.00 e. The maximum Gasteiger partial charge on any atom is 1.00 e. The third-order valence-corrected chi connectivity index (χ3v) is 5.98. The molecule has 2 aliphatic heterocycles. The number of H-pyrrole nitrogens is 1. The molecule has 10 heteroatoms. The van der Waals surface area contributed by atoms with E-state index in [-0.39, 0.29) is 58.4 Å². The number of carboxylic acids is 1. The molecular weight excluding hydrogens is 355 g/mol. The fourth-order valence-corrected chi connectivity index (χ4v) is 4.88. The molecule has 5 atom stereocenters. The van der Waals surface area contributed by atoms with Gasteiger partial charge < -0.3 is 19.9 Å². The third-order valence-electron chi connectivity index (χ3n) is 4.59. The summed E-state index contributed by atoms with van der Waals surface area (Å²) in [4.78, 5) is 25.8. The molecular formula is C15H19N4NaO4S. The molecule has 25 heavy (non-hydrogen) atoms. The van der Waals surface area contributed by atoms with E-state index in [1.54, 1.807) is 13.1 Å². The van der Waals surface area contributed by atoms with Crippen LogP contribution in [0.2, 0.25) is 0 Å². The van der Waals surface area contributed by atoms with Crippen molar-refractivity contribution in [2.45, 2.75) is 44.6 Å². The predicted molar refractivity (Wildman–Crippen MR) is 84.1 cm³/mol. The number of nitrogens with one attached hydrogen (secondary N) is 1. The third kappa shape index (κ3) is 3.52. The number of aliphatic hydroxyl groups is 1. The van der Waals surface area contributed by atoms with E-state index in [0.717, 1.165) is 5.69 Å². The summed E-state index contributed by atoms with van der Waals surface area (Å²) in [5.41, 5.74) is 0.740. The van der Waals surface area contributed by atoms with Gasteiger partial charge in [-0.3, -0.25) is 4.79 Å². The van der Waals surface area contributed by atoms with Gasteiger partial charge in [-0.1, -0.05) is 13.8 Å². The van der Waals surface area contributed by atoms with Crippen LogP contribution in [0.5, 0.6) is 0 Å². The summed E-state index contributed by atoms with van der Waals surface area (Å²) in [7, 11) is 0. The van der Waals surface area contributed by atoms with Crippen molar-refractivity contribution in [1.29, 1.82) is 0 Å². The molecule has 0 aromatic carbocycles. The van der Waals surface area contributed by atoms with Crippen LogP contribution in [0, 0.1) is 11.8 Å². The van der Waals surface area contributed by atoms with Gasteiger partial charge in [0.1, 0.15) is 0 Å². The normalized spacial score (nSPS) is 27.4. The maximum atomic E-state index is 12.2. The van der Waals surface area contributed by atoms with Crippen molar-refractivity contribution in [2.24, 2.45) is 11.8 Å². The van der Waals surface area contributed by atoms with Crippen molar-refractivity contribution < 1.29 is 49.4 Å². The number of carbonyl (C=O) groups is 2. The zero-order valence-electron chi connectivity index (χ0n) is 14.6. The Bertz CT molecular complexity index is 694. The Labute approximate surface area is 171 Å². The molecule has 3 heterocycles. The second-order valence-corrected chi connectivity index (χ2v) is 7.83. The van der Waals surface area contributed by atoms with E-state index < -0.39 is 18.0 Å². The van der Waals surface area contributed by atoms with E-state index in [1.807, 2.05) is 13.8 Å². The summed E-state index contributed by atoms with van der Waals surface area (Å²) in [5.74, 6) is -2.41. The van der Waals surface area contributed by atoms with Gasteiger partial charge in [0.05, 0.1) is 41.6 Å². The van der Waals surface area contributed by atoms with Crippen LogP contribution in [0.15, 0.2) is 16.8 Å². The SMILES string of the molecule is CC(Cc1cn[nH]n1)SC1=C(C(=O)[O-])N2C(=O)C(C(C)O)C2C1C.[Na+]. The number of carboxylic acid groups (broad SMARTS) is 1. The van der Waals surface area contributed by atoms with Crippen LogP contribution in [0.1, 0.15) is 26.5 Å². The van der Waals surface area contributed by atoms with Crippen LogP contribution in [0.25, 0.3) is 0 Å². The van der Waals surface area contributed by atoms with Crippen LogP contribution in [0.4, 0.5) is 0 Å². The molecule has 5 unspecified atom stereocenters. The van der Waals surface area contributed by atoms with Crippen molar-refractivity contribution in [2.75, 3.05) is 0 Å². The molecule has 1 saturated heterocycles. The molecule has 1 aromatic heterocycles. The van der Waals surface area contributed by atoms with Gasteiger partial charge >= 0.3 is 29.6 Å². The number of amides is 1. The standard InChI is InChI=1S/C15H20N4O4S.Na/c1-6(4-9-5-16-18-17-9)24-13-7(2)11-10(8(3)20)14(21)19(11)12(13)15(22)23;/h5-8,10-11,20H,4H2,1-3H3,(H,22,23)(H,16,17,18);/q;+1/p-1. The second kappa shape index (κ2) is 7.79. The average Bonchev–Trinajstić information content (AvgIpc) is 3.06. The fraction of sp³-hybridized carbons (Fsp3) is 0.600. The van der Waals surface area contributed by atoms with E-state index in [4.69, 9.17) is 0 Å². The number of nitrogens with zero attached hydrogens (tertiary/aromatic N) is 3. The van der Waals surface area contributed by atoms with Gasteiger partial charge in [-0.25, -0.2) is 0 Å². The first-order chi connectivity index (χ1) is 11.3. The van der Waals surface area contributed by atoms with Gasteiger partial charge in [-0.15, -0.1) is 11.8 Å². The first kappa shape index (κ1) is 20.4. The molecule has 0 spiro atoms. The summed E-state index contributed by atoms with van der Waals surface area (Å²) in [5, 5.41) is 31.8. The quantitative estimate of drug-likeness (QED) is 0.388. The predicted octanol–water partition coefficient (Wildman–Crippen LogP) is -3.71. The van der Waals surface area contributed by atoms with Gasteiger partial charge in [0.2, 0.25) is 5.91 Å². The molecule has 2 N–H and O–H groups in total. The van der Waals surface area contributed by atoms with E-state index in [2.05, 4.69) is 15.4 Å². The molecule has 130 valence electrons. The van der Waals surface area contributed by atoms with Crippen LogP contribution in [-0.4, -0.2) is 54.7 Å². The van der Waals surface area contributed by atoms with Gasteiger partial charge in [0.15, 0.2) is 0 Å². The van der Waals surface area contributed by atoms with E-state index in [0.29, 0.717) is 11.3 Å². The van der Waals surface area contributed by atoms with Crippen molar-refractivity contribution in [3.8, 4) is 0 Å². The minimum absolute atomic E-state index is 0. The topological polar surface area (TPSA) is 122 Å². The molecule has 0 saturated carbocycles. The van der Waals surface area contributed by atoms with Gasteiger partial charge in [0, 0.05) is 22.5 Å². The molecule has 1 amide bonds. The summed E-state index contributed by atoms with van der Waals surface area (Å²) in [6, 6.07) is -0.313. The van der Waals surface area contributed by atoms with Crippen LogP contribution in [-0.2, 0) is 16.0 Å². The molecule has 0 bridgehead atoms. The number of carbonyl (C=O) groups excluding carboxylic acids is 2. The number of β-lactam (4-membered cyclic amide) rings is 1. The molecule has 1 aromatic rings. The van der Waals surface area contributed by atoms with Gasteiger partial charge in [-0.2, -0.15) is 15.4 Å². The Kier molecular flexibility index (Phi) is 6.37. The number of hydrogen-bond donors (Lipinski definition) is 2. The minimum Gasteiger partial charge on any atom is -0.543 e. The Morgan fingerprint density at radius 3 is 2.72 bits per heavy atom. The zero-order valence-corrected chi connectivity index (χ0v) is 17.4. The number of aliphatic carboxylic acids is 1. The number of aromatic nitrogens is 3. The summed E-state index contributed by atoms with van der Waals surface area (Å²) >= 11 is 1.41. The van der Waals surface area contributed by atoms with E-state index in [1.165, 1.54) is 16.7 Å². The Morgan fingerprint density at radius 2 is 2.20 bits per heavy atom. The first-order valence-electron chi connectivity index (χ1n) is 7.80. The number of thioether (sulfide) groups is 1. The molecule has 0 radical (unpaired) electrons. The summed E-state index contributed by atoms with van der Waals surface area (Å²) < 4.78 is 0. The van der Waals surface area contributed by atoms with Gasteiger partial charge in [0.25, 0.3) is 0 Å². The van der Waals surface area contributed by atoms with Crippen LogP contribution < -0.4 is 34.7 Å². The fourth-order valence-electron chi connectivity index (χ4n) is 3.55. The number of hydrogen-bond acceptors (Lipinski definition) is 7. The molecule has 3 rings (SSSR count). The molecule has 1 fully saturated rings. The number of rotatable bonds is 6. The Balaban J connectivity index is 0.00000225. The zero-order chi connectivity index (χ0) is 17.6. The Morgan fingerprint density at radius 1 is 1.52 bits per heavy atom. The monoisotopic (exact) mass is 374 g/mol. The van der Waals surface area contributed by atoms with E-state index in [9.17, 15) is 19.8 Å². The van der Waals surface area contributed by atoms with Crippen molar-refractivity contribution >= 4 is 23.6 Å². The summed E-state index contributed by atoms with van der Waals surface area (Å²) in [6.45, 7) is 5.42. The second-order valence-electron chi connectivity index (χ2n) is 6.35. The first-order valence-corrected chi connectivity index (χ1v) is 8.68. The average molecular weight is 374 g/mol. The summed E-state index contributed by atoms with van der Waals surface area (Å²) in [6.07, 6.45) is 1.45. The van der Waals surface area contributed by atoms with E-state index >= 15 is 0 Å². The number of fused-ring (bicyclic) bond motifs is 1. The molecule has 8 nitrogen and oxygen atoms in total. The van der Waals surface area contributed by atoms with Crippen LogP contribution in [0.3, 0.4) is 0 Å². The van der Waals surface area contributed by atoms with Crippen molar-refractivity contribution in [3.63, 3.8) is 0 Å².